The van der Waals surface area contributed by atoms with Gasteiger partial charge in [-0.25, -0.2) is 9.00 Å². The molecule has 0 aliphatic rings. The maximum absolute atomic E-state index is 10.2. The molecule has 0 rings (SSSR count). The lowest BCUT2D eigenvalue weighted by molar-refractivity contribution is 0.143. The second kappa shape index (κ2) is 4.49. The molecule has 1 unspecified atom stereocenters. The highest BCUT2D eigenvalue weighted by Crippen LogP contribution is 2.09. The van der Waals surface area contributed by atoms with Gasteiger partial charge in [-0.3, -0.25) is 4.55 Å². The number of rotatable bonds is 3. The normalized spacial score (nSPS) is 16.1. The number of nitrogens with zero attached hydrogens (tertiary/aromatic N) is 1. The van der Waals surface area contributed by atoms with E-state index in [1.165, 1.54) is 0 Å². The lowest BCUT2D eigenvalue weighted by Gasteiger charge is -1.89. The van der Waals surface area contributed by atoms with E-state index in [4.69, 9.17) is 9.66 Å². The molecule has 0 saturated heterocycles. The second-order valence-electron chi connectivity index (χ2n) is 1.10. The number of hydrogen-bond acceptors (Lipinski definition) is 6. The molecule has 0 bridgehead atoms. The highest BCUT2D eigenvalue weighted by atomic mass is 33.4. The van der Waals surface area contributed by atoms with Gasteiger partial charge in [0.25, 0.3) is 0 Å². The van der Waals surface area contributed by atoms with E-state index >= 15 is 0 Å². The summed E-state index contributed by atoms with van der Waals surface area (Å²) < 4.78 is 25.4. The van der Waals surface area contributed by atoms with Gasteiger partial charge in [0, 0.05) is 11.2 Å². The molecule has 2 N–H and O–H groups in total. The first-order valence-electron chi connectivity index (χ1n) is 1.99. The van der Waals surface area contributed by atoms with Crippen molar-refractivity contribution >= 4 is 42.5 Å². The first-order valence-corrected chi connectivity index (χ1v) is 5.72. The van der Waals surface area contributed by atoms with Crippen molar-refractivity contribution < 1.29 is 23.4 Å². The lowest BCUT2D eigenvalue weighted by atomic mass is 11.3. The molecule has 0 aromatic carbocycles. The van der Waals surface area contributed by atoms with Crippen LogP contribution in [0.3, 0.4) is 0 Å². The molecule has 0 aliphatic heterocycles. The van der Waals surface area contributed by atoms with Crippen molar-refractivity contribution in [3.63, 3.8) is 0 Å². The van der Waals surface area contributed by atoms with Crippen LogP contribution in [0, 0.1) is 0 Å². The average Bonchev–Trinajstić information content (AvgIpc) is 1.78. The van der Waals surface area contributed by atoms with E-state index in [2.05, 4.69) is 20.3 Å². The second-order valence-corrected chi connectivity index (χ2v) is 6.10. The zero-order valence-electron chi connectivity index (χ0n) is 4.87. The van der Waals surface area contributed by atoms with Crippen LogP contribution >= 0.6 is 11.0 Å². The monoisotopic (exact) mass is 217 g/mol. The summed E-state index contributed by atoms with van der Waals surface area (Å²) in [5, 5.41) is 7.86. The summed E-state index contributed by atoms with van der Waals surface area (Å²) >= 11 is 3.99. The molecule has 1 atom stereocenters. The minimum Gasteiger partial charge on any atom is -0.449 e. The van der Waals surface area contributed by atoms with Crippen LogP contribution < -0.4 is 0 Å². The van der Waals surface area contributed by atoms with E-state index in [1.807, 2.05) is 0 Å². The van der Waals surface area contributed by atoms with E-state index in [9.17, 15) is 9.00 Å². The van der Waals surface area contributed by atoms with Crippen LogP contribution in [-0.2, 0) is 23.7 Å². The van der Waals surface area contributed by atoms with E-state index in [0.717, 1.165) is 0 Å². The fraction of sp³-hybridized carbons (Fsp3) is 0. The van der Waals surface area contributed by atoms with Gasteiger partial charge in [-0.2, -0.15) is 4.40 Å². The van der Waals surface area contributed by atoms with E-state index < -0.39 is 14.0 Å². The summed E-state index contributed by atoms with van der Waals surface area (Å²) in [6.45, 7) is 0. The van der Waals surface area contributed by atoms with Gasteiger partial charge in [0.1, 0.15) is 11.0 Å². The number of carboxylic acid groups (broad SMARTS) is 1. The molecule has 0 aliphatic carbocycles. The zero-order chi connectivity index (χ0) is 8.91. The Labute approximate surface area is 70.7 Å². The topological polar surface area (TPSA) is 96.2 Å². The van der Waals surface area contributed by atoms with Crippen LogP contribution in [-0.4, -0.2) is 26.4 Å². The zero-order valence-corrected chi connectivity index (χ0v) is 7.32. The van der Waals surface area contributed by atoms with Crippen molar-refractivity contribution in [3.05, 3.63) is 0 Å². The highest BCUT2D eigenvalue weighted by Gasteiger charge is 1.97. The number of hydrogen-bond donors (Lipinski definition) is 2. The van der Waals surface area contributed by atoms with Crippen molar-refractivity contribution in [1.82, 2.24) is 0 Å². The Hall–Kier alpha value is -0.380. The van der Waals surface area contributed by atoms with Gasteiger partial charge in [-0.05, 0) is 0 Å². The van der Waals surface area contributed by atoms with Crippen molar-refractivity contribution in [1.29, 1.82) is 0 Å². The number of ether oxygens (including phenoxy) is 1. The molecule has 0 heterocycles. The number of carbonyl (C=O) groups is 1. The molecule has 0 aromatic rings. The first-order chi connectivity index (χ1) is 4.92. The molecule has 0 radical (unpaired) electrons. The van der Waals surface area contributed by atoms with Crippen LogP contribution in [0.2, 0.25) is 0 Å². The SMILES string of the molecule is O=C(O)O/C=N/SS(=O)(O)=S. The van der Waals surface area contributed by atoms with Crippen LogP contribution in [0.25, 0.3) is 0 Å². The van der Waals surface area contributed by atoms with Crippen LogP contribution in [0.4, 0.5) is 4.79 Å². The average molecular weight is 217 g/mol. The quantitative estimate of drug-likeness (QED) is 0.233. The summed E-state index contributed by atoms with van der Waals surface area (Å²) in [6.07, 6.45) is -1.04. The Morgan fingerprint density at radius 1 is 1.82 bits per heavy atom. The van der Waals surface area contributed by atoms with E-state index in [1.54, 1.807) is 0 Å². The molecule has 0 aromatic heterocycles. The molecule has 0 fully saturated rings. The maximum atomic E-state index is 10.2. The van der Waals surface area contributed by atoms with E-state index in [0.29, 0.717) is 6.40 Å². The van der Waals surface area contributed by atoms with Crippen molar-refractivity contribution in [2.75, 3.05) is 0 Å². The standard InChI is InChI=1S/C2H3NO5S3/c4-2(5)8-1-3-10-11(6,7)9/h1H,(H,4,5)(H,6,7,9)/b3-1+. The minimum atomic E-state index is -3.44. The largest absolute Gasteiger partial charge is 0.512 e. The Bertz CT molecular complexity index is 255. The third-order valence-electron chi connectivity index (χ3n) is 0.334. The molecule has 6 nitrogen and oxygen atoms in total. The summed E-state index contributed by atoms with van der Waals surface area (Å²) in [4.78, 5) is 9.64. The summed E-state index contributed by atoms with van der Waals surface area (Å²) in [6, 6.07) is 0. The molecule has 9 heteroatoms. The minimum absolute atomic E-state index is 0.155. The van der Waals surface area contributed by atoms with Crippen molar-refractivity contribution in [2.24, 2.45) is 4.40 Å². The first kappa shape index (κ1) is 10.6. The van der Waals surface area contributed by atoms with Gasteiger partial charge < -0.3 is 9.84 Å². The van der Waals surface area contributed by atoms with Gasteiger partial charge >= 0.3 is 6.16 Å². The summed E-state index contributed by atoms with van der Waals surface area (Å²) in [7, 11) is -3.29. The Balaban J connectivity index is 3.71. The maximum Gasteiger partial charge on any atom is 0.512 e. The predicted molar refractivity (Wildman–Crippen MR) is 43.3 cm³/mol. The molecular formula is C2H3NO5S3. The van der Waals surface area contributed by atoms with Gasteiger partial charge in [0.15, 0.2) is 6.40 Å². The Morgan fingerprint density at radius 3 is 2.73 bits per heavy atom. The van der Waals surface area contributed by atoms with Crippen molar-refractivity contribution in [3.8, 4) is 0 Å². The molecular weight excluding hydrogens is 214 g/mol. The molecule has 11 heavy (non-hydrogen) atoms. The van der Waals surface area contributed by atoms with Gasteiger partial charge in [0.2, 0.25) is 7.80 Å². The summed E-state index contributed by atoms with van der Waals surface area (Å²) in [5.41, 5.74) is 0. The van der Waals surface area contributed by atoms with Gasteiger partial charge in [0.05, 0.1) is 0 Å². The third kappa shape index (κ3) is 9.62. The van der Waals surface area contributed by atoms with Gasteiger partial charge in [-0.1, -0.05) is 0 Å². The summed E-state index contributed by atoms with van der Waals surface area (Å²) in [5.74, 6) is 0. The Morgan fingerprint density at radius 2 is 2.36 bits per heavy atom. The van der Waals surface area contributed by atoms with Crippen LogP contribution in [0.1, 0.15) is 0 Å². The van der Waals surface area contributed by atoms with Gasteiger partial charge in [-0.15, -0.1) is 0 Å². The fourth-order valence-electron chi connectivity index (χ4n) is 0.139. The Kier molecular flexibility index (Phi) is 4.33. The molecule has 64 valence electrons. The molecule has 0 saturated carbocycles. The smallest absolute Gasteiger partial charge is 0.449 e. The van der Waals surface area contributed by atoms with E-state index in [-0.39, 0.29) is 11.0 Å². The molecule has 0 spiro atoms. The van der Waals surface area contributed by atoms with Crippen LogP contribution in [0.5, 0.6) is 0 Å². The fourth-order valence-corrected chi connectivity index (χ4v) is 1.07. The molecule has 0 amide bonds. The van der Waals surface area contributed by atoms with Crippen molar-refractivity contribution in [2.45, 2.75) is 0 Å². The van der Waals surface area contributed by atoms with Crippen LogP contribution in [0.15, 0.2) is 4.40 Å². The predicted octanol–water partition coefficient (Wildman–Crippen LogP) is 0.492. The lowest BCUT2D eigenvalue weighted by Crippen LogP contribution is -1.96. The third-order valence-corrected chi connectivity index (χ3v) is 2.07. The highest BCUT2D eigenvalue weighted by molar-refractivity contribution is 8.83.